The summed E-state index contributed by atoms with van der Waals surface area (Å²) in [5.41, 5.74) is 2.58. The van der Waals surface area contributed by atoms with Gasteiger partial charge < -0.3 is 9.88 Å². The molecule has 152 valence electrons. The molecule has 1 amide bonds. The molecule has 0 saturated carbocycles. The van der Waals surface area contributed by atoms with E-state index in [1.165, 1.54) is 4.40 Å². The predicted octanol–water partition coefficient (Wildman–Crippen LogP) is 4.60. The lowest BCUT2D eigenvalue weighted by molar-refractivity contribution is 0.101. The first-order valence-electron chi connectivity index (χ1n) is 9.72. The Morgan fingerprint density at radius 3 is 2.52 bits per heavy atom. The number of carbonyl (C=O) groups excluding carboxylic acids is 1. The summed E-state index contributed by atoms with van der Waals surface area (Å²) in [6.07, 6.45) is 1.67. The van der Waals surface area contributed by atoms with Crippen LogP contribution in [0.25, 0.3) is 16.7 Å². The lowest BCUT2D eigenvalue weighted by atomic mass is 10.2. The van der Waals surface area contributed by atoms with Crippen molar-refractivity contribution in [3.05, 3.63) is 112 Å². The molecule has 5 aromatic rings. The number of benzene rings is 2. The average Bonchev–Trinajstić information content (AvgIpc) is 3.15. The summed E-state index contributed by atoms with van der Waals surface area (Å²) >= 11 is 6.21. The molecule has 0 fully saturated rings. The van der Waals surface area contributed by atoms with Crippen molar-refractivity contribution in [1.29, 1.82) is 0 Å². The minimum Gasteiger partial charge on any atom is -0.319 e. The van der Waals surface area contributed by atoms with Gasteiger partial charge in [0, 0.05) is 12.7 Å². The summed E-state index contributed by atoms with van der Waals surface area (Å²) in [5.74, 6) is -0.365. The van der Waals surface area contributed by atoms with Crippen LogP contribution in [0.15, 0.2) is 89.9 Å². The van der Waals surface area contributed by atoms with E-state index in [0.29, 0.717) is 39.6 Å². The number of pyridine rings is 1. The summed E-state index contributed by atoms with van der Waals surface area (Å²) in [7, 11) is 0. The standard InChI is InChI=1S/C24H17ClN4O2/c25-18-10-4-5-11-19(18)26-23(30)20-14-17-22(29(20)15-16-8-2-1-3-9-16)27-21-12-6-7-13-28(21)24(17)31/h1-14H,15H2,(H,26,30). The fraction of sp³-hybridized carbons (Fsp3) is 0.0417. The van der Waals surface area contributed by atoms with Crippen molar-refractivity contribution >= 4 is 39.9 Å². The highest BCUT2D eigenvalue weighted by atomic mass is 35.5. The quantitative estimate of drug-likeness (QED) is 0.454. The SMILES string of the molecule is O=C(Nc1ccccc1Cl)c1cc2c(=O)n3ccccc3nc2n1Cc1ccccc1. The van der Waals surface area contributed by atoms with Crippen molar-refractivity contribution in [3.63, 3.8) is 0 Å². The van der Waals surface area contributed by atoms with Crippen LogP contribution in [-0.2, 0) is 6.54 Å². The van der Waals surface area contributed by atoms with Gasteiger partial charge in [-0.2, -0.15) is 0 Å². The van der Waals surface area contributed by atoms with Crippen molar-refractivity contribution in [2.45, 2.75) is 6.54 Å². The van der Waals surface area contributed by atoms with Gasteiger partial charge >= 0.3 is 0 Å². The van der Waals surface area contributed by atoms with Gasteiger partial charge in [0.2, 0.25) is 0 Å². The van der Waals surface area contributed by atoms with Gasteiger partial charge in [-0.05, 0) is 35.9 Å². The number of hydrogen-bond acceptors (Lipinski definition) is 3. The molecule has 0 bridgehead atoms. The second-order valence-electron chi connectivity index (χ2n) is 7.12. The number of nitrogens with one attached hydrogen (secondary N) is 1. The first kappa shape index (κ1) is 19.1. The highest BCUT2D eigenvalue weighted by Gasteiger charge is 2.20. The molecule has 3 heterocycles. The molecule has 0 spiro atoms. The highest BCUT2D eigenvalue weighted by Crippen LogP contribution is 2.23. The number of aromatic nitrogens is 3. The zero-order valence-corrected chi connectivity index (χ0v) is 17.1. The lowest BCUT2D eigenvalue weighted by Gasteiger charge is -2.12. The van der Waals surface area contributed by atoms with E-state index >= 15 is 0 Å². The van der Waals surface area contributed by atoms with E-state index in [1.54, 1.807) is 53.2 Å². The number of fused-ring (bicyclic) bond motifs is 2. The number of halogens is 1. The molecule has 0 aliphatic carbocycles. The Labute approximate surface area is 182 Å². The van der Waals surface area contributed by atoms with Crippen LogP contribution in [0.5, 0.6) is 0 Å². The highest BCUT2D eigenvalue weighted by molar-refractivity contribution is 6.33. The largest absolute Gasteiger partial charge is 0.319 e. The van der Waals surface area contributed by atoms with Crippen LogP contribution in [0, 0.1) is 0 Å². The second-order valence-corrected chi connectivity index (χ2v) is 7.53. The van der Waals surface area contributed by atoms with Crippen molar-refractivity contribution in [2.24, 2.45) is 0 Å². The maximum absolute atomic E-state index is 13.2. The smallest absolute Gasteiger partial charge is 0.272 e. The average molecular weight is 429 g/mol. The summed E-state index contributed by atoms with van der Waals surface area (Å²) in [4.78, 5) is 31.0. The Morgan fingerprint density at radius 1 is 0.968 bits per heavy atom. The third-order valence-electron chi connectivity index (χ3n) is 5.11. The Kier molecular flexibility index (Phi) is 4.76. The maximum Gasteiger partial charge on any atom is 0.272 e. The molecule has 0 aliphatic rings. The van der Waals surface area contributed by atoms with Gasteiger partial charge in [-0.15, -0.1) is 0 Å². The summed E-state index contributed by atoms with van der Waals surface area (Å²) < 4.78 is 3.25. The predicted molar refractivity (Wildman–Crippen MR) is 122 cm³/mol. The van der Waals surface area contributed by atoms with Gasteiger partial charge in [-0.3, -0.25) is 14.0 Å². The maximum atomic E-state index is 13.2. The molecular weight excluding hydrogens is 412 g/mol. The van der Waals surface area contributed by atoms with E-state index in [9.17, 15) is 9.59 Å². The van der Waals surface area contributed by atoms with Crippen LogP contribution in [0.4, 0.5) is 5.69 Å². The molecular formula is C24H17ClN4O2. The minimum absolute atomic E-state index is 0.223. The number of rotatable bonds is 4. The van der Waals surface area contributed by atoms with E-state index in [-0.39, 0.29) is 11.5 Å². The molecule has 0 atom stereocenters. The first-order valence-corrected chi connectivity index (χ1v) is 10.1. The van der Waals surface area contributed by atoms with Gasteiger partial charge in [0.25, 0.3) is 11.5 Å². The fourth-order valence-corrected chi connectivity index (χ4v) is 3.80. The van der Waals surface area contributed by atoms with Gasteiger partial charge in [0.05, 0.1) is 16.1 Å². The number of hydrogen-bond donors (Lipinski definition) is 1. The van der Waals surface area contributed by atoms with Crippen molar-refractivity contribution in [1.82, 2.24) is 14.0 Å². The van der Waals surface area contributed by atoms with E-state index in [2.05, 4.69) is 10.3 Å². The van der Waals surface area contributed by atoms with Crippen molar-refractivity contribution in [2.75, 3.05) is 5.32 Å². The Bertz CT molecular complexity index is 1490. The molecule has 31 heavy (non-hydrogen) atoms. The van der Waals surface area contributed by atoms with E-state index in [4.69, 9.17) is 11.6 Å². The zero-order valence-electron chi connectivity index (χ0n) is 16.3. The third kappa shape index (κ3) is 3.47. The molecule has 5 rings (SSSR count). The minimum atomic E-state index is -0.365. The molecule has 2 aromatic carbocycles. The molecule has 3 aromatic heterocycles. The lowest BCUT2D eigenvalue weighted by Crippen LogP contribution is -2.18. The summed E-state index contributed by atoms with van der Waals surface area (Å²) in [6, 6.07) is 23.7. The Balaban J connectivity index is 1.70. The molecule has 0 saturated heterocycles. The summed E-state index contributed by atoms with van der Waals surface area (Å²) in [6.45, 7) is 0.394. The molecule has 0 aliphatic heterocycles. The van der Waals surface area contributed by atoms with Gasteiger partial charge in [-0.25, -0.2) is 4.98 Å². The normalized spacial score (nSPS) is 11.1. The topological polar surface area (TPSA) is 68.4 Å². The number of anilines is 1. The van der Waals surface area contributed by atoms with Crippen LogP contribution in [0.2, 0.25) is 5.02 Å². The van der Waals surface area contributed by atoms with Gasteiger partial charge in [0.15, 0.2) is 0 Å². The van der Waals surface area contributed by atoms with Crippen molar-refractivity contribution < 1.29 is 4.79 Å². The Morgan fingerprint density at radius 2 is 1.71 bits per heavy atom. The fourth-order valence-electron chi connectivity index (χ4n) is 3.61. The van der Waals surface area contributed by atoms with Crippen LogP contribution in [0.1, 0.15) is 16.1 Å². The van der Waals surface area contributed by atoms with Crippen molar-refractivity contribution in [3.8, 4) is 0 Å². The van der Waals surface area contributed by atoms with Crippen LogP contribution in [0.3, 0.4) is 0 Å². The number of amides is 1. The number of carbonyl (C=O) groups is 1. The second kappa shape index (κ2) is 7.74. The van der Waals surface area contributed by atoms with E-state index in [1.807, 2.05) is 36.4 Å². The van der Waals surface area contributed by atoms with Gasteiger partial charge in [-0.1, -0.05) is 60.1 Å². The van der Waals surface area contributed by atoms with Gasteiger partial charge in [0.1, 0.15) is 17.0 Å². The molecule has 0 radical (unpaired) electrons. The van der Waals surface area contributed by atoms with E-state index < -0.39 is 0 Å². The number of para-hydroxylation sites is 1. The Hall–Kier alpha value is -3.90. The summed E-state index contributed by atoms with van der Waals surface area (Å²) in [5, 5.41) is 3.66. The third-order valence-corrected chi connectivity index (χ3v) is 5.44. The molecule has 7 heteroatoms. The van der Waals surface area contributed by atoms with E-state index in [0.717, 1.165) is 5.56 Å². The molecule has 0 unspecified atom stereocenters. The number of nitrogens with zero attached hydrogens (tertiary/aromatic N) is 3. The monoisotopic (exact) mass is 428 g/mol. The zero-order chi connectivity index (χ0) is 21.4. The van der Waals surface area contributed by atoms with Crippen LogP contribution < -0.4 is 10.9 Å². The van der Waals surface area contributed by atoms with Crippen LogP contribution >= 0.6 is 11.6 Å². The molecule has 1 N–H and O–H groups in total. The first-order chi connectivity index (χ1) is 15.1. The molecule has 6 nitrogen and oxygen atoms in total. The van der Waals surface area contributed by atoms with Crippen LogP contribution in [-0.4, -0.2) is 19.9 Å².